The second-order valence-electron chi connectivity index (χ2n) is 3.43. The molecule has 2 aromatic heterocycles. The number of nitrogens with zero attached hydrogens (tertiary/aromatic N) is 6. The molecule has 0 radical (unpaired) electrons. The first-order chi connectivity index (χ1) is 6.68. The largest absolute Gasteiger partial charge is 0.310 e. The van der Waals surface area contributed by atoms with Crippen LogP contribution in [0, 0.1) is 0 Å². The molecule has 0 bridgehead atoms. The Balaban J connectivity index is 2.46. The van der Waals surface area contributed by atoms with Gasteiger partial charge in [-0.05, 0) is 13.8 Å². The van der Waals surface area contributed by atoms with Crippen LogP contribution in [0.25, 0.3) is 11.5 Å². The molecule has 0 unspecified atom stereocenters. The van der Waals surface area contributed by atoms with Crippen LogP contribution < -0.4 is 0 Å². The van der Waals surface area contributed by atoms with Crippen molar-refractivity contribution in [1.29, 1.82) is 0 Å². The van der Waals surface area contributed by atoms with E-state index in [1.54, 1.807) is 11.0 Å². The minimum atomic E-state index is 0.321. The molecule has 0 saturated carbocycles. The van der Waals surface area contributed by atoms with Crippen molar-refractivity contribution in [3.8, 4) is 11.5 Å². The van der Waals surface area contributed by atoms with Crippen LogP contribution in [0.1, 0.15) is 19.9 Å². The number of aryl methyl sites for hydroxylation is 1. The van der Waals surface area contributed by atoms with E-state index in [-0.39, 0.29) is 0 Å². The molecule has 6 heteroatoms. The van der Waals surface area contributed by atoms with Gasteiger partial charge in [0.05, 0.1) is 6.20 Å². The van der Waals surface area contributed by atoms with Crippen molar-refractivity contribution in [2.75, 3.05) is 0 Å². The van der Waals surface area contributed by atoms with Crippen LogP contribution in [0.15, 0.2) is 12.5 Å². The predicted octanol–water partition coefficient (Wildman–Crippen LogP) is 0.654. The third-order valence-corrected chi connectivity index (χ3v) is 1.96. The molecule has 74 valence electrons. The highest BCUT2D eigenvalue weighted by molar-refractivity contribution is 5.46. The molecule has 0 aliphatic heterocycles. The monoisotopic (exact) mass is 192 g/mol. The van der Waals surface area contributed by atoms with Gasteiger partial charge in [0.15, 0.2) is 11.5 Å². The number of hydrogen-bond acceptors (Lipinski definition) is 4. The molecule has 0 aliphatic rings. The van der Waals surface area contributed by atoms with Crippen molar-refractivity contribution in [1.82, 2.24) is 29.8 Å². The van der Waals surface area contributed by atoms with Crippen LogP contribution in [0.5, 0.6) is 0 Å². The molecule has 0 atom stereocenters. The average Bonchev–Trinajstić information content (AvgIpc) is 2.70. The fraction of sp³-hybridized carbons (Fsp3) is 0.500. The summed E-state index contributed by atoms with van der Waals surface area (Å²) in [5.41, 5.74) is 0.749. The van der Waals surface area contributed by atoms with Gasteiger partial charge in [0.25, 0.3) is 0 Å². The van der Waals surface area contributed by atoms with Crippen LogP contribution >= 0.6 is 0 Å². The van der Waals surface area contributed by atoms with Crippen molar-refractivity contribution >= 4 is 0 Å². The molecule has 2 rings (SSSR count). The lowest BCUT2D eigenvalue weighted by molar-refractivity contribution is 0.603. The molecule has 2 heterocycles. The highest BCUT2D eigenvalue weighted by Crippen LogP contribution is 2.16. The Morgan fingerprint density at radius 3 is 2.64 bits per heavy atom. The van der Waals surface area contributed by atoms with Crippen molar-refractivity contribution in [3.63, 3.8) is 0 Å². The van der Waals surface area contributed by atoms with E-state index >= 15 is 0 Å². The normalized spacial score (nSPS) is 11.1. The molecule has 0 aliphatic carbocycles. The van der Waals surface area contributed by atoms with Crippen molar-refractivity contribution in [3.05, 3.63) is 12.5 Å². The zero-order valence-electron chi connectivity index (χ0n) is 8.42. The lowest BCUT2D eigenvalue weighted by Gasteiger charge is -2.07. The highest BCUT2D eigenvalue weighted by atomic mass is 15.4. The van der Waals surface area contributed by atoms with Gasteiger partial charge in [0.1, 0.15) is 6.33 Å². The number of aromatic nitrogens is 6. The van der Waals surface area contributed by atoms with Gasteiger partial charge < -0.3 is 4.57 Å². The van der Waals surface area contributed by atoms with E-state index in [0.717, 1.165) is 11.5 Å². The molecule has 0 amide bonds. The molecular weight excluding hydrogens is 180 g/mol. The summed E-state index contributed by atoms with van der Waals surface area (Å²) < 4.78 is 3.61. The van der Waals surface area contributed by atoms with E-state index in [0.29, 0.717) is 6.04 Å². The van der Waals surface area contributed by atoms with Crippen LogP contribution in [0.2, 0.25) is 0 Å². The van der Waals surface area contributed by atoms with Gasteiger partial charge in [-0.3, -0.25) is 4.68 Å². The fourth-order valence-electron chi connectivity index (χ4n) is 1.25. The van der Waals surface area contributed by atoms with Crippen molar-refractivity contribution in [2.45, 2.75) is 19.9 Å². The summed E-state index contributed by atoms with van der Waals surface area (Å²) in [6.07, 6.45) is 3.53. The van der Waals surface area contributed by atoms with Crippen LogP contribution in [-0.4, -0.2) is 29.8 Å². The zero-order chi connectivity index (χ0) is 10.1. The smallest absolute Gasteiger partial charge is 0.186 e. The maximum Gasteiger partial charge on any atom is 0.186 e. The van der Waals surface area contributed by atoms with E-state index in [9.17, 15) is 0 Å². The quantitative estimate of drug-likeness (QED) is 0.701. The highest BCUT2D eigenvalue weighted by Gasteiger charge is 2.12. The summed E-state index contributed by atoms with van der Waals surface area (Å²) in [5, 5.41) is 15.7. The molecular formula is C8H12N6. The van der Waals surface area contributed by atoms with Gasteiger partial charge in [0.2, 0.25) is 0 Å². The third kappa shape index (κ3) is 1.39. The Morgan fingerprint density at radius 1 is 1.29 bits per heavy atom. The fourth-order valence-corrected chi connectivity index (χ4v) is 1.25. The number of rotatable bonds is 2. The van der Waals surface area contributed by atoms with Gasteiger partial charge in [-0.1, -0.05) is 5.21 Å². The minimum Gasteiger partial charge on any atom is -0.310 e. The molecule has 2 aromatic rings. The first-order valence-corrected chi connectivity index (χ1v) is 4.44. The zero-order valence-corrected chi connectivity index (χ0v) is 8.42. The van der Waals surface area contributed by atoms with E-state index in [1.165, 1.54) is 0 Å². The molecule has 0 aromatic carbocycles. The summed E-state index contributed by atoms with van der Waals surface area (Å²) >= 11 is 0. The maximum absolute atomic E-state index is 4.02. The van der Waals surface area contributed by atoms with Crippen LogP contribution in [-0.2, 0) is 7.05 Å². The Hall–Kier alpha value is -1.72. The maximum atomic E-state index is 4.02. The van der Waals surface area contributed by atoms with Crippen molar-refractivity contribution in [2.24, 2.45) is 7.05 Å². The van der Waals surface area contributed by atoms with E-state index in [4.69, 9.17) is 0 Å². The Kier molecular flexibility index (Phi) is 2.03. The standard InChI is InChI=1S/C8H12N6/c1-6(2)14-5-9-11-8(14)7-4-13(3)12-10-7/h4-6H,1-3H3. The molecule has 0 N–H and O–H groups in total. The molecule has 0 spiro atoms. The average molecular weight is 192 g/mol. The Labute approximate surface area is 81.6 Å². The van der Waals surface area contributed by atoms with Crippen LogP contribution in [0.3, 0.4) is 0 Å². The molecule has 0 fully saturated rings. The summed E-state index contributed by atoms with van der Waals surface area (Å²) in [6, 6.07) is 0.321. The van der Waals surface area contributed by atoms with Crippen LogP contribution in [0.4, 0.5) is 0 Å². The number of hydrogen-bond donors (Lipinski definition) is 0. The van der Waals surface area contributed by atoms with E-state index in [1.807, 2.05) is 17.8 Å². The first kappa shape index (κ1) is 8.86. The summed E-state index contributed by atoms with van der Waals surface area (Å²) in [6.45, 7) is 4.15. The van der Waals surface area contributed by atoms with Gasteiger partial charge in [-0.15, -0.1) is 15.3 Å². The molecule has 14 heavy (non-hydrogen) atoms. The molecule has 6 nitrogen and oxygen atoms in total. The Bertz CT molecular complexity index is 426. The first-order valence-electron chi connectivity index (χ1n) is 4.44. The van der Waals surface area contributed by atoms with Gasteiger partial charge in [0, 0.05) is 13.1 Å². The second-order valence-corrected chi connectivity index (χ2v) is 3.43. The van der Waals surface area contributed by atoms with Gasteiger partial charge in [-0.2, -0.15) is 0 Å². The summed E-state index contributed by atoms with van der Waals surface area (Å²) in [7, 11) is 1.83. The van der Waals surface area contributed by atoms with E-state index in [2.05, 4.69) is 34.4 Å². The topological polar surface area (TPSA) is 61.4 Å². The predicted molar refractivity (Wildman–Crippen MR) is 50.4 cm³/mol. The minimum absolute atomic E-state index is 0.321. The lowest BCUT2D eigenvalue weighted by atomic mass is 10.3. The second kappa shape index (κ2) is 3.21. The SMILES string of the molecule is CC(C)n1cnnc1-c1cn(C)nn1. The van der Waals surface area contributed by atoms with E-state index < -0.39 is 0 Å². The summed E-state index contributed by atoms with van der Waals surface area (Å²) in [4.78, 5) is 0. The van der Waals surface area contributed by atoms with Gasteiger partial charge >= 0.3 is 0 Å². The molecule has 0 saturated heterocycles. The van der Waals surface area contributed by atoms with Crippen molar-refractivity contribution < 1.29 is 0 Å². The van der Waals surface area contributed by atoms with Gasteiger partial charge in [-0.25, -0.2) is 0 Å². The Morgan fingerprint density at radius 2 is 2.07 bits per heavy atom. The third-order valence-electron chi connectivity index (χ3n) is 1.96. The lowest BCUT2D eigenvalue weighted by Crippen LogP contribution is -2.01. The summed E-state index contributed by atoms with van der Waals surface area (Å²) in [5.74, 6) is 0.758.